The topological polar surface area (TPSA) is 61.5 Å². The molecule has 2 heterocycles. The van der Waals surface area contributed by atoms with E-state index >= 15 is 0 Å². The van der Waals surface area contributed by atoms with Gasteiger partial charge in [-0.25, -0.2) is 0 Å². The number of benzene rings is 2. The van der Waals surface area contributed by atoms with E-state index in [9.17, 15) is 0 Å². The number of rotatable bonds is 5. The highest BCUT2D eigenvalue weighted by Gasteiger charge is 2.14. The molecule has 0 bridgehead atoms. The number of nitrogens with zero attached hydrogens (tertiary/aromatic N) is 4. The Bertz CT molecular complexity index is 1010. The second kappa shape index (κ2) is 6.52. The lowest BCUT2D eigenvalue weighted by Crippen LogP contribution is -1.93. The van der Waals surface area contributed by atoms with Gasteiger partial charge in [-0.3, -0.25) is 0 Å². The van der Waals surface area contributed by atoms with Crippen molar-refractivity contribution in [2.24, 2.45) is 0 Å². The van der Waals surface area contributed by atoms with E-state index in [0.717, 1.165) is 32.6 Å². The molecule has 0 atom stereocenters. The standard InChI is InChI=1S/C18H16N4O2S/c1-3-24-14-9-7-12(8-10-14)16-19-20-18-22(16)21-17(25-18)13-5-4-6-15(11-13)23-2/h4-11H,3H2,1-2H3. The fourth-order valence-corrected chi connectivity index (χ4v) is 3.37. The van der Waals surface area contributed by atoms with E-state index in [-0.39, 0.29) is 0 Å². The number of hydrogen-bond acceptors (Lipinski definition) is 6. The maximum absolute atomic E-state index is 5.48. The zero-order valence-corrected chi connectivity index (χ0v) is 14.7. The quantitative estimate of drug-likeness (QED) is 0.545. The summed E-state index contributed by atoms with van der Waals surface area (Å²) in [6, 6.07) is 15.6. The maximum atomic E-state index is 5.48. The van der Waals surface area contributed by atoms with Gasteiger partial charge in [-0.05, 0) is 43.3 Å². The first-order chi connectivity index (χ1) is 12.3. The van der Waals surface area contributed by atoms with Gasteiger partial charge < -0.3 is 9.47 Å². The van der Waals surface area contributed by atoms with E-state index in [1.165, 1.54) is 11.3 Å². The van der Waals surface area contributed by atoms with Crippen LogP contribution >= 0.6 is 11.3 Å². The molecular weight excluding hydrogens is 336 g/mol. The minimum absolute atomic E-state index is 0.643. The van der Waals surface area contributed by atoms with Crippen LogP contribution in [0.25, 0.3) is 26.9 Å². The molecule has 0 N–H and O–H groups in total. The van der Waals surface area contributed by atoms with E-state index in [1.807, 2.05) is 55.5 Å². The van der Waals surface area contributed by atoms with Crippen molar-refractivity contribution in [3.8, 4) is 33.5 Å². The van der Waals surface area contributed by atoms with Gasteiger partial charge in [0.1, 0.15) is 16.5 Å². The summed E-state index contributed by atoms with van der Waals surface area (Å²) in [7, 11) is 1.65. The predicted molar refractivity (Wildman–Crippen MR) is 97.3 cm³/mol. The van der Waals surface area contributed by atoms with Crippen LogP contribution in [-0.4, -0.2) is 33.5 Å². The zero-order valence-electron chi connectivity index (χ0n) is 13.8. The number of ether oxygens (including phenoxy) is 2. The van der Waals surface area contributed by atoms with Gasteiger partial charge >= 0.3 is 0 Å². The van der Waals surface area contributed by atoms with Crippen molar-refractivity contribution in [1.29, 1.82) is 0 Å². The highest BCUT2D eigenvalue weighted by molar-refractivity contribution is 7.19. The Kier molecular flexibility index (Phi) is 4.07. The molecule has 4 rings (SSSR count). The average molecular weight is 352 g/mol. The molecule has 4 aromatic rings. The summed E-state index contributed by atoms with van der Waals surface area (Å²) in [5.74, 6) is 2.35. The second-order valence-corrected chi connectivity index (χ2v) is 6.27. The molecule has 0 spiro atoms. The molecule has 0 amide bonds. The second-order valence-electron chi connectivity index (χ2n) is 5.31. The Labute approximate surface area is 148 Å². The Hall–Kier alpha value is -2.93. The molecule has 2 aromatic heterocycles. The van der Waals surface area contributed by atoms with Crippen LogP contribution in [0.3, 0.4) is 0 Å². The fourth-order valence-electron chi connectivity index (χ4n) is 2.54. The molecule has 0 fully saturated rings. The van der Waals surface area contributed by atoms with Crippen molar-refractivity contribution in [2.75, 3.05) is 13.7 Å². The average Bonchev–Trinajstić information content (AvgIpc) is 3.24. The van der Waals surface area contributed by atoms with Crippen molar-refractivity contribution in [3.05, 3.63) is 48.5 Å². The van der Waals surface area contributed by atoms with Gasteiger partial charge in [0, 0.05) is 11.1 Å². The lowest BCUT2D eigenvalue weighted by molar-refractivity contribution is 0.340. The monoisotopic (exact) mass is 352 g/mol. The highest BCUT2D eigenvalue weighted by atomic mass is 32.1. The molecule has 0 saturated carbocycles. The summed E-state index contributed by atoms with van der Waals surface area (Å²) < 4.78 is 12.5. The largest absolute Gasteiger partial charge is 0.497 e. The van der Waals surface area contributed by atoms with Gasteiger partial charge in [-0.2, -0.15) is 9.61 Å². The highest BCUT2D eigenvalue weighted by Crippen LogP contribution is 2.30. The molecule has 0 aliphatic rings. The molecule has 7 heteroatoms. The molecule has 0 aliphatic carbocycles. The van der Waals surface area contributed by atoms with Crippen LogP contribution in [0.2, 0.25) is 0 Å². The first kappa shape index (κ1) is 15.6. The molecule has 0 saturated heterocycles. The molecular formula is C18H16N4O2S. The van der Waals surface area contributed by atoms with Crippen LogP contribution in [0.15, 0.2) is 48.5 Å². The molecule has 0 aliphatic heterocycles. The molecule has 6 nitrogen and oxygen atoms in total. The minimum Gasteiger partial charge on any atom is -0.497 e. The van der Waals surface area contributed by atoms with Gasteiger partial charge in [0.25, 0.3) is 0 Å². The number of methoxy groups -OCH3 is 1. The van der Waals surface area contributed by atoms with Crippen molar-refractivity contribution in [2.45, 2.75) is 6.92 Å². The third-order valence-electron chi connectivity index (χ3n) is 3.73. The van der Waals surface area contributed by atoms with E-state index in [0.29, 0.717) is 12.4 Å². The van der Waals surface area contributed by atoms with Crippen LogP contribution in [-0.2, 0) is 0 Å². The lowest BCUT2D eigenvalue weighted by atomic mass is 10.2. The van der Waals surface area contributed by atoms with E-state index < -0.39 is 0 Å². The van der Waals surface area contributed by atoms with Crippen LogP contribution in [0.4, 0.5) is 0 Å². The van der Waals surface area contributed by atoms with Gasteiger partial charge in [-0.1, -0.05) is 23.5 Å². The van der Waals surface area contributed by atoms with E-state index in [1.54, 1.807) is 11.6 Å². The van der Waals surface area contributed by atoms with Gasteiger partial charge in [0.2, 0.25) is 4.96 Å². The summed E-state index contributed by atoms with van der Waals surface area (Å²) in [5, 5.41) is 14.1. The van der Waals surface area contributed by atoms with Crippen molar-refractivity contribution >= 4 is 16.3 Å². The summed E-state index contributed by atoms with van der Waals surface area (Å²) >= 11 is 1.49. The van der Waals surface area contributed by atoms with E-state index in [4.69, 9.17) is 9.47 Å². The molecule has 0 radical (unpaired) electrons. The maximum Gasteiger partial charge on any atom is 0.235 e. The van der Waals surface area contributed by atoms with Gasteiger partial charge in [0.05, 0.1) is 13.7 Å². The third kappa shape index (κ3) is 2.94. The molecule has 2 aromatic carbocycles. The van der Waals surface area contributed by atoms with Gasteiger partial charge in [0.15, 0.2) is 5.82 Å². The first-order valence-electron chi connectivity index (χ1n) is 7.88. The smallest absolute Gasteiger partial charge is 0.235 e. The van der Waals surface area contributed by atoms with Crippen molar-refractivity contribution in [3.63, 3.8) is 0 Å². The van der Waals surface area contributed by atoms with Crippen LogP contribution in [0.1, 0.15) is 6.92 Å². The first-order valence-corrected chi connectivity index (χ1v) is 8.70. The summed E-state index contributed by atoms with van der Waals surface area (Å²) in [4.78, 5) is 0.752. The number of hydrogen-bond donors (Lipinski definition) is 0. The van der Waals surface area contributed by atoms with E-state index in [2.05, 4.69) is 15.3 Å². The van der Waals surface area contributed by atoms with Crippen LogP contribution in [0, 0.1) is 0 Å². The Morgan fingerprint density at radius 1 is 1.00 bits per heavy atom. The van der Waals surface area contributed by atoms with Crippen LogP contribution in [0.5, 0.6) is 11.5 Å². The van der Waals surface area contributed by atoms with Crippen LogP contribution < -0.4 is 9.47 Å². The Balaban J connectivity index is 1.73. The van der Waals surface area contributed by atoms with Crippen molar-refractivity contribution < 1.29 is 9.47 Å². The Morgan fingerprint density at radius 3 is 2.60 bits per heavy atom. The van der Waals surface area contributed by atoms with Crippen molar-refractivity contribution in [1.82, 2.24) is 19.8 Å². The fraction of sp³-hybridized carbons (Fsp3) is 0.167. The molecule has 25 heavy (non-hydrogen) atoms. The number of aromatic nitrogens is 4. The normalized spacial score (nSPS) is 11.0. The Morgan fingerprint density at radius 2 is 1.84 bits per heavy atom. The SMILES string of the molecule is CCOc1ccc(-c2nnc3sc(-c4cccc(OC)c4)nn23)cc1. The predicted octanol–water partition coefficient (Wildman–Crippen LogP) is 3.93. The summed E-state index contributed by atoms with van der Waals surface area (Å²) in [5.41, 5.74) is 1.94. The summed E-state index contributed by atoms with van der Waals surface area (Å²) in [6.45, 7) is 2.61. The zero-order chi connectivity index (χ0) is 17.2. The molecule has 0 unspecified atom stereocenters. The lowest BCUT2D eigenvalue weighted by Gasteiger charge is -2.03. The number of fused-ring (bicyclic) bond motifs is 1. The summed E-state index contributed by atoms with van der Waals surface area (Å²) in [6.07, 6.45) is 0. The minimum atomic E-state index is 0.643. The van der Waals surface area contributed by atoms with Gasteiger partial charge in [-0.15, -0.1) is 10.2 Å². The molecule has 126 valence electrons. The third-order valence-corrected chi connectivity index (χ3v) is 4.68.